The molecule has 0 radical (unpaired) electrons. The van der Waals surface area contributed by atoms with E-state index in [0.29, 0.717) is 12.5 Å². The molecule has 36 heavy (non-hydrogen) atoms. The van der Waals surface area contributed by atoms with Gasteiger partial charge in [0.05, 0.1) is 24.0 Å². The van der Waals surface area contributed by atoms with Crippen LogP contribution in [0.1, 0.15) is 50.7 Å². The Labute approximate surface area is 211 Å². The maximum absolute atomic E-state index is 6.25. The minimum atomic E-state index is 0.207. The van der Waals surface area contributed by atoms with Gasteiger partial charge in [-0.15, -0.1) is 0 Å². The minimum absolute atomic E-state index is 0.207. The predicted octanol–water partition coefficient (Wildman–Crippen LogP) is 4.39. The molecule has 0 spiro atoms. The fraction of sp³-hybridized carbons (Fsp3) is 0.481. The lowest BCUT2D eigenvalue weighted by atomic mass is 9.95. The first-order chi connectivity index (χ1) is 17.4. The van der Waals surface area contributed by atoms with Crippen molar-refractivity contribution in [3.05, 3.63) is 42.1 Å². The Morgan fingerprint density at radius 2 is 1.97 bits per heavy atom. The molecule has 1 saturated heterocycles. The molecule has 0 amide bonds. The average molecular weight is 487 g/mol. The van der Waals surface area contributed by atoms with Crippen molar-refractivity contribution in [2.24, 2.45) is 0 Å². The van der Waals surface area contributed by atoms with E-state index in [4.69, 9.17) is 14.8 Å². The third-order valence-corrected chi connectivity index (χ3v) is 7.31. The topological polar surface area (TPSA) is 78.8 Å². The van der Waals surface area contributed by atoms with Crippen molar-refractivity contribution in [3.8, 4) is 39.8 Å². The zero-order chi connectivity index (χ0) is 25.0. The quantitative estimate of drug-likeness (QED) is 0.416. The Hall–Kier alpha value is -3.46. The summed E-state index contributed by atoms with van der Waals surface area (Å²) >= 11 is 0. The lowest BCUT2D eigenvalue weighted by molar-refractivity contribution is 0.307. The molecule has 0 saturated carbocycles. The summed E-state index contributed by atoms with van der Waals surface area (Å²) in [6, 6.07) is 6.70. The van der Waals surface area contributed by atoms with Crippen molar-refractivity contribution in [2.45, 2.75) is 59.2 Å². The number of aromatic nitrogens is 7. The number of benzene rings is 1. The van der Waals surface area contributed by atoms with Gasteiger partial charge in [-0.05, 0) is 65.4 Å². The number of hydrogen-bond donors (Lipinski definition) is 0. The summed E-state index contributed by atoms with van der Waals surface area (Å²) in [7, 11) is 2.20. The van der Waals surface area contributed by atoms with Crippen LogP contribution in [0.15, 0.2) is 30.6 Å². The van der Waals surface area contributed by atoms with E-state index in [1.165, 1.54) is 11.3 Å². The fourth-order valence-corrected chi connectivity index (χ4v) is 5.58. The number of aryl methyl sites for hydroxylation is 2. The Bertz CT molecular complexity index is 1410. The van der Waals surface area contributed by atoms with Gasteiger partial charge in [-0.2, -0.15) is 10.2 Å². The molecule has 2 aliphatic rings. The van der Waals surface area contributed by atoms with Crippen molar-refractivity contribution >= 4 is 0 Å². The average Bonchev–Trinajstić information content (AvgIpc) is 3.63. The van der Waals surface area contributed by atoms with Crippen LogP contribution >= 0.6 is 0 Å². The number of rotatable bonds is 5. The molecule has 1 atom stereocenters. The highest BCUT2D eigenvalue weighted by atomic mass is 16.5. The first-order valence-corrected chi connectivity index (χ1v) is 13.0. The Morgan fingerprint density at radius 3 is 2.72 bits per heavy atom. The van der Waals surface area contributed by atoms with Crippen LogP contribution in [0.5, 0.6) is 5.75 Å². The molecule has 5 heterocycles. The van der Waals surface area contributed by atoms with E-state index in [2.05, 4.69) is 76.4 Å². The molecule has 6 rings (SSSR count). The monoisotopic (exact) mass is 486 g/mol. The molecule has 0 aliphatic carbocycles. The zero-order valence-corrected chi connectivity index (χ0v) is 21.8. The molecule has 0 N–H and O–H groups in total. The zero-order valence-electron chi connectivity index (χ0n) is 21.8. The third kappa shape index (κ3) is 3.82. The number of nitrogens with zero attached hydrogens (tertiary/aromatic N) is 8. The van der Waals surface area contributed by atoms with Crippen LogP contribution in [0, 0.1) is 6.92 Å². The van der Waals surface area contributed by atoms with E-state index in [1.54, 1.807) is 0 Å². The maximum atomic E-state index is 6.25. The van der Waals surface area contributed by atoms with E-state index >= 15 is 0 Å². The van der Waals surface area contributed by atoms with Gasteiger partial charge >= 0.3 is 0 Å². The second-order valence-corrected chi connectivity index (χ2v) is 10.2. The molecule has 1 fully saturated rings. The van der Waals surface area contributed by atoms with Crippen LogP contribution in [0.3, 0.4) is 0 Å². The molecule has 1 unspecified atom stereocenters. The molecule has 2 aliphatic heterocycles. The number of hydrogen-bond acceptors (Lipinski definition) is 6. The summed E-state index contributed by atoms with van der Waals surface area (Å²) in [6.07, 6.45) is 5.26. The number of likely N-dealkylation sites (tertiary alicyclic amines) is 1. The largest absolute Gasteiger partial charge is 0.491 e. The molecule has 0 bridgehead atoms. The van der Waals surface area contributed by atoms with Crippen LogP contribution in [-0.2, 0) is 13.1 Å². The van der Waals surface area contributed by atoms with Gasteiger partial charge < -0.3 is 14.2 Å². The van der Waals surface area contributed by atoms with Gasteiger partial charge in [0, 0.05) is 36.8 Å². The van der Waals surface area contributed by atoms with Gasteiger partial charge in [-0.1, -0.05) is 6.07 Å². The third-order valence-electron chi connectivity index (χ3n) is 7.31. The van der Waals surface area contributed by atoms with Crippen LogP contribution in [0.25, 0.3) is 34.0 Å². The number of imidazole rings is 1. The molecule has 1 aromatic carbocycles. The van der Waals surface area contributed by atoms with E-state index < -0.39 is 0 Å². The predicted molar refractivity (Wildman–Crippen MR) is 139 cm³/mol. The van der Waals surface area contributed by atoms with Crippen molar-refractivity contribution in [3.63, 3.8) is 0 Å². The molecule has 188 valence electrons. The number of ether oxygens (including phenoxy) is 1. The SMILES string of the molecule is CCn1ncc(-c2ccc3c(c2)OCCn2cc(-c4nc(C)nn4C(C)C)nc2-3)c1C1CCN(C)C1. The second-order valence-electron chi connectivity index (χ2n) is 10.2. The van der Waals surface area contributed by atoms with Crippen molar-refractivity contribution < 1.29 is 4.74 Å². The maximum Gasteiger partial charge on any atom is 0.178 e. The van der Waals surface area contributed by atoms with E-state index in [0.717, 1.165) is 72.6 Å². The Kier molecular flexibility index (Phi) is 5.67. The first-order valence-electron chi connectivity index (χ1n) is 13.0. The van der Waals surface area contributed by atoms with E-state index in [-0.39, 0.29) is 6.04 Å². The van der Waals surface area contributed by atoms with Crippen LogP contribution in [-0.4, -0.2) is 65.7 Å². The summed E-state index contributed by atoms with van der Waals surface area (Å²) in [4.78, 5) is 12.1. The van der Waals surface area contributed by atoms with E-state index in [1.807, 2.05) is 17.8 Å². The van der Waals surface area contributed by atoms with Gasteiger partial charge in [0.2, 0.25) is 0 Å². The number of fused-ring (bicyclic) bond motifs is 3. The first kappa shape index (κ1) is 23.0. The highest BCUT2D eigenvalue weighted by molar-refractivity contribution is 5.76. The Balaban J connectivity index is 1.41. The highest BCUT2D eigenvalue weighted by Crippen LogP contribution is 2.40. The summed E-state index contributed by atoms with van der Waals surface area (Å²) in [5.74, 6) is 3.83. The molecule has 3 aromatic heterocycles. The summed E-state index contributed by atoms with van der Waals surface area (Å²) in [5, 5.41) is 9.31. The van der Waals surface area contributed by atoms with Crippen LogP contribution < -0.4 is 4.74 Å². The fourth-order valence-electron chi connectivity index (χ4n) is 5.58. The highest BCUT2D eigenvalue weighted by Gasteiger charge is 2.28. The number of likely N-dealkylation sites (N-methyl/N-ethyl adjacent to an activating group) is 1. The van der Waals surface area contributed by atoms with Crippen LogP contribution in [0.2, 0.25) is 0 Å². The summed E-state index contributed by atoms with van der Waals surface area (Å²) in [5.41, 5.74) is 5.53. The molecule has 4 aromatic rings. The molecular weight excluding hydrogens is 452 g/mol. The summed E-state index contributed by atoms with van der Waals surface area (Å²) < 4.78 is 12.5. The van der Waals surface area contributed by atoms with Gasteiger partial charge in [-0.3, -0.25) is 4.68 Å². The van der Waals surface area contributed by atoms with Gasteiger partial charge in [0.15, 0.2) is 5.82 Å². The molecule has 9 heteroatoms. The molecular formula is C27H34N8O. The van der Waals surface area contributed by atoms with Crippen molar-refractivity contribution in [2.75, 3.05) is 26.7 Å². The standard InChI is InChI=1S/C27H34N8O/c1-6-34-25(20-9-10-32(5)15-20)22(14-28-34)19-7-8-21-24(13-19)36-12-11-33-16-23(30-26(21)33)27-29-18(4)31-35(27)17(2)3/h7-8,13-14,16-17,20H,6,9-12,15H2,1-5H3. The summed E-state index contributed by atoms with van der Waals surface area (Å²) in [6.45, 7) is 12.7. The molecule has 9 nitrogen and oxygen atoms in total. The van der Waals surface area contributed by atoms with E-state index in [9.17, 15) is 0 Å². The van der Waals surface area contributed by atoms with Gasteiger partial charge in [-0.25, -0.2) is 14.6 Å². The van der Waals surface area contributed by atoms with Crippen molar-refractivity contribution in [1.82, 2.24) is 39.0 Å². The Morgan fingerprint density at radius 1 is 1.11 bits per heavy atom. The van der Waals surface area contributed by atoms with Gasteiger partial charge in [0.1, 0.15) is 29.7 Å². The normalized spacial score (nSPS) is 17.8. The van der Waals surface area contributed by atoms with Crippen LogP contribution in [0.4, 0.5) is 0 Å². The lowest BCUT2D eigenvalue weighted by Crippen LogP contribution is -2.15. The second kappa shape index (κ2) is 8.89. The lowest BCUT2D eigenvalue weighted by Gasteiger charge is -2.16. The van der Waals surface area contributed by atoms with Crippen molar-refractivity contribution in [1.29, 1.82) is 0 Å². The smallest absolute Gasteiger partial charge is 0.178 e. The minimum Gasteiger partial charge on any atom is -0.491 e. The van der Waals surface area contributed by atoms with Gasteiger partial charge in [0.25, 0.3) is 0 Å².